The third-order valence-corrected chi connectivity index (χ3v) is 3.87. The van der Waals surface area contributed by atoms with Gasteiger partial charge in [-0.3, -0.25) is 0 Å². The van der Waals surface area contributed by atoms with Crippen LogP contribution in [0.3, 0.4) is 0 Å². The fourth-order valence-electron chi connectivity index (χ4n) is 2.72. The molecule has 94 valence electrons. The fourth-order valence-corrected chi connectivity index (χ4v) is 2.72. The van der Waals surface area contributed by atoms with Crippen molar-refractivity contribution in [3.63, 3.8) is 0 Å². The summed E-state index contributed by atoms with van der Waals surface area (Å²) in [5, 5.41) is 3.64. The Kier molecular flexibility index (Phi) is 4.43. The predicted octanol–water partition coefficient (Wildman–Crippen LogP) is 2.90. The molecule has 2 heteroatoms. The first-order valence-electron chi connectivity index (χ1n) is 6.79. The molecule has 0 amide bonds. The van der Waals surface area contributed by atoms with E-state index >= 15 is 0 Å². The maximum Gasteiger partial charge on any atom is 0.0364 e. The van der Waals surface area contributed by atoms with Gasteiger partial charge in [-0.15, -0.1) is 0 Å². The molecule has 1 fully saturated rings. The zero-order chi connectivity index (χ0) is 12.1. The number of hydrogen-bond donors (Lipinski definition) is 1. The zero-order valence-corrected chi connectivity index (χ0v) is 11.0. The lowest BCUT2D eigenvalue weighted by Gasteiger charge is -2.33. The molecule has 1 heterocycles. The summed E-state index contributed by atoms with van der Waals surface area (Å²) in [6, 6.07) is 11.3. The smallest absolute Gasteiger partial charge is 0.0364 e. The fraction of sp³-hybridized carbons (Fsp3) is 0.600. The normalized spacial score (nSPS) is 24.6. The topological polar surface area (TPSA) is 15.3 Å². The Morgan fingerprint density at radius 2 is 2.06 bits per heavy atom. The summed E-state index contributed by atoms with van der Waals surface area (Å²) in [5.74, 6) is 0.922. The van der Waals surface area contributed by atoms with Crippen molar-refractivity contribution in [1.82, 2.24) is 5.32 Å². The van der Waals surface area contributed by atoms with Gasteiger partial charge in [0.05, 0.1) is 0 Å². The van der Waals surface area contributed by atoms with E-state index in [9.17, 15) is 0 Å². The molecule has 17 heavy (non-hydrogen) atoms. The zero-order valence-electron chi connectivity index (χ0n) is 11.0. The Morgan fingerprint density at radius 1 is 1.29 bits per heavy atom. The number of nitrogens with zero attached hydrogens (tertiary/aromatic N) is 1. The quantitative estimate of drug-likeness (QED) is 0.858. The van der Waals surface area contributed by atoms with E-state index in [0.717, 1.165) is 12.5 Å². The van der Waals surface area contributed by atoms with Crippen LogP contribution in [0.5, 0.6) is 0 Å². The van der Waals surface area contributed by atoms with Crippen LogP contribution in [0.2, 0.25) is 0 Å². The molecule has 2 rings (SSSR count). The Hall–Kier alpha value is -1.02. The van der Waals surface area contributed by atoms with Crippen LogP contribution in [0.4, 0.5) is 5.69 Å². The second-order valence-electron chi connectivity index (χ2n) is 5.17. The highest BCUT2D eigenvalue weighted by Gasteiger charge is 2.21. The molecule has 0 bridgehead atoms. The standard InChI is InChI=1S/C15H24N2/c1-3-13-9-10-16-14(11-13)12-17(2)15-7-5-4-6-8-15/h4-8,13-14,16H,3,9-12H2,1-2H3. The number of rotatable bonds is 4. The minimum Gasteiger partial charge on any atom is -0.373 e. The Morgan fingerprint density at radius 3 is 2.76 bits per heavy atom. The number of benzene rings is 1. The highest BCUT2D eigenvalue weighted by atomic mass is 15.1. The number of piperidine rings is 1. The summed E-state index contributed by atoms with van der Waals surface area (Å²) < 4.78 is 0. The van der Waals surface area contributed by atoms with Gasteiger partial charge in [-0.2, -0.15) is 0 Å². The van der Waals surface area contributed by atoms with Crippen molar-refractivity contribution >= 4 is 5.69 Å². The second kappa shape index (κ2) is 6.06. The van der Waals surface area contributed by atoms with Gasteiger partial charge in [-0.1, -0.05) is 31.5 Å². The lowest BCUT2D eigenvalue weighted by molar-refractivity contribution is 0.297. The molecule has 2 nitrogen and oxygen atoms in total. The first kappa shape index (κ1) is 12.4. The lowest BCUT2D eigenvalue weighted by Crippen LogP contribution is -2.45. The molecule has 1 aliphatic heterocycles. The molecule has 1 saturated heterocycles. The van der Waals surface area contributed by atoms with Gasteiger partial charge in [0, 0.05) is 25.3 Å². The molecule has 2 atom stereocenters. The Labute approximate surface area is 105 Å². The maximum atomic E-state index is 3.64. The minimum absolute atomic E-state index is 0.652. The molecule has 1 aliphatic rings. The van der Waals surface area contributed by atoms with Crippen molar-refractivity contribution in [2.24, 2.45) is 5.92 Å². The molecule has 2 unspecified atom stereocenters. The van der Waals surface area contributed by atoms with E-state index in [1.165, 1.54) is 31.5 Å². The lowest BCUT2D eigenvalue weighted by atomic mass is 9.90. The van der Waals surface area contributed by atoms with Gasteiger partial charge in [0.1, 0.15) is 0 Å². The van der Waals surface area contributed by atoms with Crippen LogP contribution < -0.4 is 10.2 Å². The van der Waals surface area contributed by atoms with Crippen molar-refractivity contribution in [1.29, 1.82) is 0 Å². The summed E-state index contributed by atoms with van der Waals surface area (Å²) in [6.45, 7) is 4.61. The average molecular weight is 232 g/mol. The number of anilines is 1. The number of para-hydroxylation sites is 1. The molecular weight excluding hydrogens is 208 g/mol. The van der Waals surface area contributed by atoms with Crippen LogP contribution in [0.25, 0.3) is 0 Å². The molecular formula is C15H24N2. The van der Waals surface area contributed by atoms with Crippen LogP contribution in [0.15, 0.2) is 30.3 Å². The van der Waals surface area contributed by atoms with Crippen molar-refractivity contribution in [3.05, 3.63) is 30.3 Å². The predicted molar refractivity (Wildman–Crippen MR) is 74.5 cm³/mol. The van der Waals surface area contributed by atoms with Gasteiger partial charge in [0.2, 0.25) is 0 Å². The van der Waals surface area contributed by atoms with Gasteiger partial charge in [0.25, 0.3) is 0 Å². The first-order valence-corrected chi connectivity index (χ1v) is 6.79. The van der Waals surface area contributed by atoms with Crippen molar-refractivity contribution in [3.8, 4) is 0 Å². The van der Waals surface area contributed by atoms with Gasteiger partial charge in [0.15, 0.2) is 0 Å². The Bertz CT molecular complexity index is 323. The Balaban J connectivity index is 1.88. The third-order valence-electron chi connectivity index (χ3n) is 3.87. The number of nitrogens with one attached hydrogen (secondary N) is 1. The summed E-state index contributed by atoms with van der Waals surface area (Å²) in [4.78, 5) is 2.36. The van der Waals surface area contributed by atoms with E-state index < -0.39 is 0 Å². The molecule has 1 aromatic rings. The van der Waals surface area contributed by atoms with E-state index in [-0.39, 0.29) is 0 Å². The van der Waals surface area contributed by atoms with Crippen molar-refractivity contribution in [2.75, 3.05) is 25.0 Å². The van der Waals surface area contributed by atoms with E-state index in [1.54, 1.807) is 0 Å². The highest BCUT2D eigenvalue weighted by Crippen LogP contribution is 2.21. The number of hydrogen-bond acceptors (Lipinski definition) is 2. The maximum absolute atomic E-state index is 3.64. The SMILES string of the molecule is CCC1CCNC(CN(C)c2ccccc2)C1. The van der Waals surface area contributed by atoms with E-state index in [4.69, 9.17) is 0 Å². The van der Waals surface area contributed by atoms with E-state index in [2.05, 4.69) is 54.5 Å². The average Bonchev–Trinajstić information content (AvgIpc) is 2.40. The third kappa shape index (κ3) is 3.47. The van der Waals surface area contributed by atoms with Crippen molar-refractivity contribution in [2.45, 2.75) is 32.2 Å². The largest absolute Gasteiger partial charge is 0.373 e. The number of likely N-dealkylation sites (N-methyl/N-ethyl adjacent to an activating group) is 1. The minimum atomic E-state index is 0.652. The van der Waals surface area contributed by atoms with Crippen LogP contribution in [0, 0.1) is 5.92 Å². The highest BCUT2D eigenvalue weighted by molar-refractivity contribution is 5.45. The molecule has 0 spiro atoms. The van der Waals surface area contributed by atoms with Crippen LogP contribution in [0.1, 0.15) is 26.2 Å². The molecule has 0 radical (unpaired) electrons. The molecule has 0 saturated carbocycles. The van der Waals surface area contributed by atoms with E-state index in [1.807, 2.05) is 0 Å². The summed E-state index contributed by atoms with van der Waals surface area (Å²) in [7, 11) is 2.19. The molecule has 0 aliphatic carbocycles. The van der Waals surface area contributed by atoms with E-state index in [0.29, 0.717) is 6.04 Å². The summed E-state index contributed by atoms with van der Waals surface area (Å²) in [6.07, 6.45) is 4.00. The molecule has 0 aromatic heterocycles. The van der Waals surface area contributed by atoms with Crippen molar-refractivity contribution < 1.29 is 0 Å². The van der Waals surface area contributed by atoms with Crippen LogP contribution in [-0.4, -0.2) is 26.2 Å². The molecule has 1 N–H and O–H groups in total. The van der Waals surface area contributed by atoms with Crippen LogP contribution in [-0.2, 0) is 0 Å². The first-order chi connectivity index (χ1) is 8.29. The summed E-state index contributed by atoms with van der Waals surface area (Å²) >= 11 is 0. The molecule has 1 aromatic carbocycles. The van der Waals surface area contributed by atoms with Gasteiger partial charge in [-0.05, 0) is 37.4 Å². The van der Waals surface area contributed by atoms with Crippen LogP contribution >= 0.6 is 0 Å². The monoisotopic (exact) mass is 232 g/mol. The second-order valence-corrected chi connectivity index (χ2v) is 5.17. The summed E-state index contributed by atoms with van der Waals surface area (Å²) in [5.41, 5.74) is 1.31. The van der Waals surface area contributed by atoms with Gasteiger partial charge in [-0.25, -0.2) is 0 Å². The van der Waals surface area contributed by atoms with Gasteiger partial charge < -0.3 is 10.2 Å². The van der Waals surface area contributed by atoms with Gasteiger partial charge >= 0.3 is 0 Å².